The number of nitrogens with zero attached hydrogens (tertiary/aromatic N) is 6. The zero-order valence-corrected chi connectivity index (χ0v) is 18.3. The van der Waals surface area contributed by atoms with E-state index in [4.69, 9.17) is 9.15 Å². The number of furan rings is 1. The summed E-state index contributed by atoms with van der Waals surface area (Å²) in [7, 11) is 1.67. The van der Waals surface area contributed by atoms with Crippen molar-refractivity contribution < 1.29 is 13.5 Å². The van der Waals surface area contributed by atoms with Crippen LogP contribution in [-0.4, -0.2) is 58.4 Å². The molecule has 33 heavy (non-hydrogen) atoms. The van der Waals surface area contributed by atoms with Crippen LogP contribution in [0.2, 0.25) is 0 Å². The maximum Gasteiger partial charge on any atom is 0.173 e. The molecule has 9 heteroatoms. The second-order valence-electron chi connectivity index (χ2n) is 7.95. The minimum absolute atomic E-state index is 0.200. The average Bonchev–Trinajstić information content (AvgIpc) is 3.54. The van der Waals surface area contributed by atoms with Gasteiger partial charge < -0.3 is 14.1 Å². The Balaban J connectivity index is 1.39. The van der Waals surface area contributed by atoms with E-state index < -0.39 is 0 Å². The van der Waals surface area contributed by atoms with Gasteiger partial charge >= 0.3 is 0 Å². The van der Waals surface area contributed by atoms with Gasteiger partial charge in [0.25, 0.3) is 0 Å². The lowest BCUT2D eigenvalue weighted by molar-refractivity contribution is 0.200. The lowest BCUT2D eigenvalue weighted by Gasteiger charge is -2.40. The molecule has 4 aromatic rings. The van der Waals surface area contributed by atoms with E-state index in [-0.39, 0.29) is 11.9 Å². The molecule has 1 aliphatic heterocycles. The summed E-state index contributed by atoms with van der Waals surface area (Å²) in [5, 5.41) is 12.5. The van der Waals surface area contributed by atoms with Crippen LogP contribution in [0.3, 0.4) is 0 Å². The van der Waals surface area contributed by atoms with Crippen molar-refractivity contribution in [1.29, 1.82) is 0 Å². The Labute approximate surface area is 191 Å². The standard InChI is InChI=1S/C24H25FN6O2/c1-32-21-10-8-20(9-11-21)29-12-14-30(15-13-29)23(18-4-6-19(25)7-5-18)24-26-27-28-31(24)17-22-3-2-16-33-22/h2-11,16,23H,12-15,17H2,1H3/t23-/m0/s1. The highest BCUT2D eigenvalue weighted by molar-refractivity contribution is 5.49. The third kappa shape index (κ3) is 4.58. The fourth-order valence-electron chi connectivity index (χ4n) is 4.27. The molecule has 1 saturated heterocycles. The molecule has 1 atom stereocenters. The Morgan fingerprint density at radius 1 is 1.00 bits per heavy atom. The lowest BCUT2D eigenvalue weighted by atomic mass is 10.0. The Kier molecular flexibility index (Phi) is 6.03. The Bertz CT molecular complexity index is 1150. The van der Waals surface area contributed by atoms with Crippen molar-refractivity contribution in [2.24, 2.45) is 0 Å². The van der Waals surface area contributed by atoms with E-state index in [2.05, 4.69) is 37.5 Å². The fraction of sp³-hybridized carbons (Fsp3) is 0.292. The summed E-state index contributed by atoms with van der Waals surface area (Å²) in [5.74, 6) is 2.05. The van der Waals surface area contributed by atoms with Crippen LogP contribution >= 0.6 is 0 Å². The van der Waals surface area contributed by atoms with Gasteiger partial charge in [-0.15, -0.1) is 5.10 Å². The third-order valence-corrected chi connectivity index (χ3v) is 5.99. The maximum absolute atomic E-state index is 13.7. The van der Waals surface area contributed by atoms with E-state index in [9.17, 15) is 4.39 Å². The summed E-state index contributed by atoms with van der Waals surface area (Å²) in [4.78, 5) is 4.70. The van der Waals surface area contributed by atoms with Crippen LogP contribution in [0.1, 0.15) is 23.2 Å². The van der Waals surface area contributed by atoms with Crippen molar-refractivity contribution in [3.8, 4) is 5.75 Å². The number of benzene rings is 2. The normalized spacial score (nSPS) is 15.5. The highest BCUT2D eigenvalue weighted by atomic mass is 19.1. The molecular formula is C24H25FN6O2. The molecule has 0 aliphatic carbocycles. The highest BCUT2D eigenvalue weighted by Crippen LogP contribution is 2.30. The van der Waals surface area contributed by atoms with Crippen molar-refractivity contribution >= 4 is 5.69 Å². The largest absolute Gasteiger partial charge is 0.497 e. The number of aromatic nitrogens is 4. The van der Waals surface area contributed by atoms with Crippen molar-refractivity contribution in [1.82, 2.24) is 25.1 Å². The SMILES string of the molecule is COc1ccc(N2CCN([C@@H](c3ccc(F)cc3)c3nnnn3Cc3ccco3)CC2)cc1. The number of tetrazole rings is 1. The van der Waals surface area contributed by atoms with Gasteiger partial charge in [-0.05, 0) is 64.5 Å². The molecule has 0 radical (unpaired) electrons. The second kappa shape index (κ2) is 9.41. The Morgan fingerprint density at radius 3 is 2.42 bits per heavy atom. The number of hydrogen-bond donors (Lipinski definition) is 0. The Hall–Kier alpha value is -3.72. The summed E-state index contributed by atoms with van der Waals surface area (Å²) < 4.78 is 26.2. The first-order chi connectivity index (χ1) is 16.2. The quantitative estimate of drug-likeness (QED) is 0.429. The van der Waals surface area contributed by atoms with Crippen molar-refractivity contribution in [3.63, 3.8) is 0 Å². The molecule has 3 heterocycles. The predicted molar refractivity (Wildman–Crippen MR) is 121 cm³/mol. The number of halogens is 1. The average molecular weight is 449 g/mol. The molecule has 2 aromatic heterocycles. The summed E-state index contributed by atoms with van der Waals surface area (Å²) in [5.41, 5.74) is 2.11. The van der Waals surface area contributed by atoms with E-state index in [0.717, 1.165) is 48.9 Å². The van der Waals surface area contributed by atoms with E-state index in [1.165, 1.54) is 12.1 Å². The van der Waals surface area contributed by atoms with E-state index >= 15 is 0 Å². The second-order valence-corrected chi connectivity index (χ2v) is 7.95. The molecule has 1 fully saturated rings. The first kappa shape index (κ1) is 21.1. The fourth-order valence-corrected chi connectivity index (χ4v) is 4.27. The highest BCUT2D eigenvalue weighted by Gasteiger charge is 2.31. The zero-order chi connectivity index (χ0) is 22.6. The zero-order valence-electron chi connectivity index (χ0n) is 18.3. The molecular weight excluding hydrogens is 423 g/mol. The topological polar surface area (TPSA) is 72.5 Å². The first-order valence-electron chi connectivity index (χ1n) is 10.9. The van der Waals surface area contributed by atoms with Crippen LogP contribution in [0.25, 0.3) is 0 Å². The molecule has 0 unspecified atom stereocenters. The van der Waals surface area contributed by atoms with Crippen LogP contribution in [-0.2, 0) is 6.54 Å². The van der Waals surface area contributed by atoms with Gasteiger partial charge in [0.2, 0.25) is 0 Å². The number of ether oxygens (including phenoxy) is 1. The minimum Gasteiger partial charge on any atom is -0.497 e. The number of anilines is 1. The minimum atomic E-state index is -0.267. The van der Waals surface area contributed by atoms with Gasteiger partial charge in [0, 0.05) is 31.9 Å². The van der Waals surface area contributed by atoms with Crippen LogP contribution in [0.4, 0.5) is 10.1 Å². The van der Waals surface area contributed by atoms with Crippen molar-refractivity contribution in [2.75, 3.05) is 38.2 Å². The first-order valence-corrected chi connectivity index (χ1v) is 10.9. The van der Waals surface area contributed by atoms with Gasteiger partial charge in [-0.25, -0.2) is 9.07 Å². The molecule has 0 N–H and O–H groups in total. The number of piperazine rings is 1. The molecule has 1 aliphatic rings. The molecule has 0 amide bonds. The summed E-state index contributed by atoms with van der Waals surface area (Å²) in [6.45, 7) is 3.75. The summed E-state index contributed by atoms with van der Waals surface area (Å²) in [6, 6.07) is 18.2. The van der Waals surface area contributed by atoms with Crippen LogP contribution < -0.4 is 9.64 Å². The summed E-state index contributed by atoms with van der Waals surface area (Å²) >= 11 is 0. The molecule has 0 bridgehead atoms. The summed E-state index contributed by atoms with van der Waals surface area (Å²) in [6.07, 6.45) is 1.63. The van der Waals surface area contributed by atoms with Crippen molar-refractivity contribution in [3.05, 3.63) is 89.9 Å². The van der Waals surface area contributed by atoms with Gasteiger partial charge in [-0.2, -0.15) is 0 Å². The third-order valence-electron chi connectivity index (χ3n) is 5.99. The molecule has 5 rings (SSSR count). The Morgan fingerprint density at radius 2 is 1.76 bits per heavy atom. The van der Waals surface area contributed by atoms with E-state index in [1.807, 2.05) is 36.4 Å². The maximum atomic E-state index is 13.7. The van der Waals surface area contributed by atoms with Crippen LogP contribution in [0.5, 0.6) is 5.75 Å². The molecule has 170 valence electrons. The number of hydrogen-bond acceptors (Lipinski definition) is 7. The number of rotatable bonds is 7. The van der Waals surface area contributed by atoms with Gasteiger partial charge in [-0.1, -0.05) is 12.1 Å². The monoisotopic (exact) mass is 448 g/mol. The van der Waals surface area contributed by atoms with E-state index in [0.29, 0.717) is 12.4 Å². The predicted octanol–water partition coefficient (Wildman–Crippen LogP) is 3.37. The number of methoxy groups -OCH3 is 1. The van der Waals surface area contributed by atoms with Crippen molar-refractivity contribution in [2.45, 2.75) is 12.6 Å². The van der Waals surface area contributed by atoms with E-state index in [1.54, 1.807) is 18.1 Å². The van der Waals surface area contributed by atoms with Crippen LogP contribution in [0.15, 0.2) is 71.3 Å². The molecule has 0 spiro atoms. The van der Waals surface area contributed by atoms with Gasteiger partial charge in [0.1, 0.15) is 23.9 Å². The van der Waals surface area contributed by atoms with Gasteiger partial charge in [0.15, 0.2) is 5.82 Å². The van der Waals surface area contributed by atoms with Crippen LogP contribution in [0, 0.1) is 5.82 Å². The molecule has 2 aromatic carbocycles. The smallest absolute Gasteiger partial charge is 0.173 e. The molecule has 0 saturated carbocycles. The lowest BCUT2D eigenvalue weighted by Crippen LogP contribution is -2.48. The molecule has 8 nitrogen and oxygen atoms in total. The van der Waals surface area contributed by atoms with Gasteiger partial charge in [0.05, 0.1) is 19.4 Å². The van der Waals surface area contributed by atoms with Gasteiger partial charge in [-0.3, -0.25) is 4.90 Å².